The van der Waals surface area contributed by atoms with Gasteiger partial charge in [-0.25, -0.2) is 9.97 Å². The summed E-state index contributed by atoms with van der Waals surface area (Å²) in [5.74, 6) is 0.907. The van der Waals surface area contributed by atoms with Crippen LogP contribution in [0.3, 0.4) is 0 Å². The van der Waals surface area contributed by atoms with E-state index in [4.69, 9.17) is 9.15 Å². The van der Waals surface area contributed by atoms with E-state index >= 15 is 0 Å². The normalized spacial score (nSPS) is 10.5. The van der Waals surface area contributed by atoms with E-state index in [9.17, 15) is 0 Å². The first-order chi connectivity index (χ1) is 8.88. The minimum atomic E-state index is 0.268. The number of anilines is 2. The third-order valence-corrected chi connectivity index (χ3v) is 2.01. The predicted octanol–water partition coefficient (Wildman–Crippen LogP) is 0.339. The SMILES string of the molecule is COCCNCc1nnc(Nc2ncccn2)o1. The van der Waals surface area contributed by atoms with E-state index in [1.165, 1.54) is 0 Å². The van der Waals surface area contributed by atoms with Gasteiger partial charge in [0.1, 0.15) is 0 Å². The fourth-order valence-electron chi connectivity index (χ4n) is 1.20. The monoisotopic (exact) mass is 250 g/mol. The molecule has 0 amide bonds. The molecule has 2 aromatic heterocycles. The molecule has 2 rings (SSSR count). The summed E-state index contributed by atoms with van der Waals surface area (Å²) >= 11 is 0. The lowest BCUT2D eigenvalue weighted by molar-refractivity contribution is 0.198. The zero-order valence-electron chi connectivity index (χ0n) is 9.96. The van der Waals surface area contributed by atoms with Gasteiger partial charge in [-0.2, -0.15) is 0 Å². The molecule has 96 valence electrons. The topological polar surface area (TPSA) is 98.0 Å². The second-order valence-electron chi connectivity index (χ2n) is 3.37. The molecule has 18 heavy (non-hydrogen) atoms. The van der Waals surface area contributed by atoms with E-state index in [1.54, 1.807) is 25.6 Å². The van der Waals surface area contributed by atoms with Crippen molar-refractivity contribution in [3.63, 3.8) is 0 Å². The molecule has 0 saturated carbocycles. The summed E-state index contributed by atoms with van der Waals surface area (Å²) in [6.45, 7) is 1.86. The van der Waals surface area contributed by atoms with Gasteiger partial charge in [-0.05, 0) is 6.07 Å². The summed E-state index contributed by atoms with van der Waals surface area (Å²) in [6, 6.07) is 1.99. The van der Waals surface area contributed by atoms with E-state index < -0.39 is 0 Å². The van der Waals surface area contributed by atoms with Gasteiger partial charge in [-0.15, -0.1) is 5.10 Å². The number of nitrogens with zero attached hydrogens (tertiary/aromatic N) is 4. The molecule has 2 N–H and O–H groups in total. The summed E-state index contributed by atoms with van der Waals surface area (Å²) in [6.07, 6.45) is 3.25. The van der Waals surface area contributed by atoms with Crippen LogP contribution >= 0.6 is 0 Å². The van der Waals surface area contributed by atoms with Crippen molar-refractivity contribution in [1.82, 2.24) is 25.5 Å². The summed E-state index contributed by atoms with van der Waals surface area (Å²) in [7, 11) is 1.65. The maximum absolute atomic E-state index is 5.35. The average Bonchev–Trinajstić information content (AvgIpc) is 2.84. The molecule has 0 atom stereocenters. The lowest BCUT2D eigenvalue weighted by Gasteiger charge is -1.99. The molecule has 0 fully saturated rings. The number of hydrogen-bond acceptors (Lipinski definition) is 8. The second kappa shape index (κ2) is 6.62. The smallest absolute Gasteiger partial charge is 0.322 e. The highest BCUT2D eigenvalue weighted by molar-refractivity contribution is 5.38. The molecular formula is C10H14N6O2. The van der Waals surface area contributed by atoms with Crippen LogP contribution in [0.5, 0.6) is 0 Å². The Morgan fingerprint density at radius 2 is 2.11 bits per heavy atom. The van der Waals surface area contributed by atoms with Crippen LogP contribution in [-0.2, 0) is 11.3 Å². The molecule has 0 spiro atoms. The van der Waals surface area contributed by atoms with Crippen molar-refractivity contribution in [2.24, 2.45) is 0 Å². The molecule has 0 aliphatic rings. The maximum Gasteiger partial charge on any atom is 0.322 e. The van der Waals surface area contributed by atoms with E-state index in [1.807, 2.05) is 0 Å². The van der Waals surface area contributed by atoms with Crippen LogP contribution in [0.1, 0.15) is 5.89 Å². The standard InChI is InChI=1S/C10H14N6O2/c1-17-6-5-11-7-8-15-16-10(18-8)14-9-12-3-2-4-13-9/h2-4,11H,5-7H2,1H3,(H,12,13,14,16). The quantitative estimate of drug-likeness (QED) is 0.679. The molecule has 8 nitrogen and oxygen atoms in total. The molecule has 2 heterocycles. The van der Waals surface area contributed by atoms with Gasteiger partial charge < -0.3 is 14.5 Å². The highest BCUT2D eigenvalue weighted by atomic mass is 16.5. The number of ether oxygens (including phenoxy) is 1. The number of aromatic nitrogens is 4. The fraction of sp³-hybridized carbons (Fsp3) is 0.400. The van der Waals surface area contributed by atoms with E-state index in [-0.39, 0.29) is 6.01 Å². The summed E-state index contributed by atoms with van der Waals surface area (Å²) < 4.78 is 10.3. The molecular weight excluding hydrogens is 236 g/mol. The van der Waals surface area contributed by atoms with Gasteiger partial charge in [0, 0.05) is 26.0 Å². The Bertz CT molecular complexity index is 460. The van der Waals surface area contributed by atoms with Crippen molar-refractivity contribution in [1.29, 1.82) is 0 Å². The van der Waals surface area contributed by atoms with Crippen molar-refractivity contribution in [3.8, 4) is 0 Å². The van der Waals surface area contributed by atoms with Gasteiger partial charge in [0.15, 0.2) is 0 Å². The van der Waals surface area contributed by atoms with Crippen LogP contribution in [0.15, 0.2) is 22.9 Å². The van der Waals surface area contributed by atoms with Gasteiger partial charge in [-0.3, -0.25) is 5.32 Å². The maximum atomic E-state index is 5.35. The van der Waals surface area contributed by atoms with Crippen LogP contribution in [0, 0.1) is 0 Å². The largest absolute Gasteiger partial charge is 0.406 e. The van der Waals surface area contributed by atoms with Crippen LogP contribution < -0.4 is 10.6 Å². The molecule has 0 unspecified atom stereocenters. The molecule has 8 heteroatoms. The lowest BCUT2D eigenvalue weighted by Crippen LogP contribution is -2.18. The number of nitrogens with one attached hydrogen (secondary N) is 2. The Labute approximate surface area is 104 Å². The Morgan fingerprint density at radius 3 is 2.89 bits per heavy atom. The van der Waals surface area contributed by atoms with Gasteiger partial charge in [0.2, 0.25) is 11.8 Å². The Morgan fingerprint density at radius 1 is 1.28 bits per heavy atom. The van der Waals surface area contributed by atoms with E-state index in [2.05, 4.69) is 30.8 Å². The van der Waals surface area contributed by atoms with Crippen LogP contribution in [0.4, 0.5) is 12.0 Å². The van der Waals surface area contributed by atoms with Gasteiger partial charge in [-0.1, -0.05) is 5.10 Å². The van der Waals surface area contributed by atoms with E-state index in [0.717, 1.165) is 6.54 Å². The zero-order chi connectivity index (χ0) is 12.6. The predicted molar refractivity (Wildman–Crippen MR) is 63.2 cm³/mol. The summed E-state index contributed by atoms with van der Waals surface area (Å²) in [5.41, 5.74) is 0. The molecule has 2 aromatic rings. The number of hydrogen-bond donors (Lipinski definition) is 2. The minimum Gasteiger partial charge on any atom is -0.406 e. The first-order valence-corrected chi connectivity index (χ1v) is 5.44. The third kappa shape index (κ3) is 3.75. The average molecular weight is 250 g/mol. The number of rotatable bonds is 7. The van der Waals surface area contributed by atoms with E-state index in [0.29, 0.717) is 25.0 Å². The summed E-state index contributed by atoms with van der Waals surface area (Å²) in [5, 5.41) is 13.6. The Balaban J connectivity index is 1.83. The first-order valence-electron chi connectivity index (χ1n) is 5.44. The molecule has 0 bridgehead atoms. The van der Waals surface area contributed by atoms with Crippen molar-refractivity contribution >= 4 is 12.0 Å². The minimum absolute atomic E-state index is 0.268. The Hall–Kier alpha value is -2.06. The van der Waals surface area contributed by atoms with Gasteiger partial charge in [0.05, 0.1) is 13.2 Å². The van der Waals surface area contributed by atoms with Crippen molar-refractivity contribution in [3.05, 3.63) is 24.4 Å². The van der Waals surface area contributed by atoms with Gasteiger partial charge in [0.25, 0.3) is 0 Å². The molecule has 0 aliphatic heterocycles. The third-order valence-electron chi connectivity index (χ3n) is 2.01. The fourth-order valence-corrected chi connectivity index (χ4v) is 1.20. The van der Waals surface area contributed by atoms with Crippen LogP contribution in [-0.4, -0.2) is 40.4 Å². The van der Waals surface area contributed by atoms with Crippen molar-refractivity contribution in [2.45, 2.75) is 6.54 Å². The molecule has 0 saturated heterocycles. The molecule has 0 radical (unpaired) electrons. The molecule has 0 aromatic carbocycles. The summed E-state index contributed by atoms with van der Waals surface area (Å²) in [4.78, 5) is 7.98. The van der Waals surface area contributed by atoms with Crippen molar-refractivity contribution < 1.29 is 9.15 Å². The molecule has 0 aliphatic carbocycles. The zero-order valence-corrected chi connectivity index (χ0v) is 9.96. The number of methoxy groups -OCH3 is 1. The van der Waals surface area contributed by atoms with Crippen LogP contribution in [0.2, 0.25) is 0 Å². The highest BCUT2D eigenvalue weighted by Gasteiger charge is 2.06. The second-order valence-corrected chi connectivity index (χ2v) is 3.37. The van der Waals surface area contributed by atoms with Crippen molar-refractivity contribution in [2.75, 3.05) is 25.6 Å². The first kappa shape index (κ1) is 12.4. The highest BCUT2D eigenvalue weighted by Crippen LogP contribution is 2.09. The Kier molecular flexibility index (Phi) is 4.56. The lowest BCUT2D eigenvalue weighted by atomic mass is 10.6. The van der Waals surface area contributed by atoms with Crippen LogP contribution in [0.25, 0.3) is 0 Å². The van der Waals surface area contributed by atoms with Gasteiger partial charge >= 0.3 is 6.01 Å².